The van der Waals surface area contributed by atoms with Gasteiger partial charge in [0.15, 0.2) is 5.78 Å². The van der Waals surface area contributed by atoms with Crippen molar-refractivity contribution in [1.29, 1.82) is 0 Å². The number of rotatable bonds is 3. The Morgan fingerprint density at radius 3 is 2.75 bits per heavy atom. The minimum atomic E-state index is -0.0185. The fraction of sp³-hybridized carbons (Fsp3) is 0.500. The largest absolute Gasteiger partial charge is 0.515 e. The van der Waals surface area contributed by atoms with Gasteiger partial charge in [0, 0.05) is 12.5 Å². The highest BCUT2D eigenvalue weighted by atomic mass is 16.2. The van der Waals surface area contributed by atoms with Crippen LogP contribution >= 0.6 is 0 Å². The van der Waals surface area contributed by atoms with Crippen LogP contribution in [-0.4, -0.2) is 10.9 Å². The highest BCUT2D eigenvalue weighted by Crippen LogP contribution is 1.88. The highest BCUT2D eigenvalue weighted by Gasteiger charge is 1.90. The molecule has 0 aromatic rings. The minimum absolute atomic E-state index is 0.0185. The van der Waals surface area contributed by atoms with Gasteiger partial charge in [-0.2, -0.15) is 0 Å². The molecule has 2 heteroatoms. The zero-order valence-electron chi connectivity index (χ0n) is 4.92. The molecule has 0 amide bonds. The summed E-state index contributed by atoms with van der Waals surface area (Å²) in [6, 6.07) is 0. The first-order valence-electron chi connectivity index (χ1n) is 2.64. The normalized spacial score (nSPS) is 10.1. The van der Waals surface area contributed by atoms with Crippen molar-refractivity contribution in [3.8, 4) is 0 Å². The number of allylic oxidation sites excluding steroid dienone is 1. The third kappa shape index (κ3) is 3.40. The maximum Gasteiger partial charge on any atom is 0.158 e. The maximum atomic E-state index is 10.4. The van der Waals surface area contributed by atoms with E-state index in [-0.39, 0.29) is 5.78 Å². The molecule has 2 nitrogen and oxygen atoms in total. The standard InChI is InChI=1S/C6H10O2/c1-2-3-6(8)4-5-7/h4-5,7H,2-3H2,1H3/b5-4+. The third-order valence-corrected chi connectivity index (χ3v) is 0.757. The van der Waals surface area contributed by atoms with Crippen molar-refractivity contribution in [2.75, 3.05) is 0 Å². The molecule has 0 aliphatic rings. The van der Waals surface area contributed by atoms with E-state index in [1.165, 1.54) is 6.08 Å². The number of carbonyl (C=O) groups is 1. The van der Waals surface area contributed by atoms with Crippen molar-refractivity contribution >= 4 is 5.78 Å². The molecule has 0 aromatic heterocycles. The Morgan fingerprint density at radius 2 is 2.38 bits per heavy atom. The molecule has 0 aliphatic carbocycles. The molecular formula is C6H10O2. The van der Waals surface area contributed by atoms with Crippen LogP contribution in [0.3, 0.4) is 0 Å². The van der Waals surface area contributed by atoms with Gasteiger partial charge in [-0.05, 0) is 6.42 Å². The summed E-state index contributed by atoms with van der Waals surface area (Å²) in [5.41, 5.74) is 0. The number of ketones is 1. The lowest BCUT2D eigenvalue weighted by molar-refractivity contribution is -0.114. The van der Waals surface area contributed by atoms with Crippen LogP contribution in [-0.2, 0) is 4.79 Å². The first-order chi connectivity index (χ1) is 3.81. The molecule has 0 heterocycles. The molecule has 1 N–H and O–H groups in total. The molecular weight excluding hydrogens is 104 g/mol. The molecule has 0 saturated heterocycles. The monoisotopic (exact) mass is 114 g/mol. The van der Waals surface area contributed by atoms with E-state index in [9.17, 15) is 4.79 Å². The lowest BCUT2D eigenvalue weighted by Gasteiger charge is -1.84. The van der Waals surface area contributed by atoms with Crippen LogP contribution in [0.1, 0.15) is 19.8 Å². The second-order valence-corrected chi connectivity index (χ2v) is 1.53. The van der Waals surface area contributed by atoms with Gasteiger partial charge in [0.1, 0.15) is 0 Å². The van der Waals surface area contributed by atoms with Crippen LogP contribution < -0.4 is 0 Å². The van der Waals surface area contributed by atoms with Gasteiger partial charge in [-0.15, -0.1) is 0 Å². The second-order valence-electron chi connectivity index (χ2n) is 1.53. The lowest BCUT2D eigenvalue weighted by Crippen LogP contribution is -1.88. The Kier molecular flexibility index (Phi) is 3.94. The topological polar surface area (TPSA) is 37.3 Å². The van der Waals surface area contributed by atoms with Gasteiger partial charge >= 0.3 is 0 Å². The first-order valence-corrected chi connectivity index (χ1v) is 2.64. The Labute approximate surface area is 48.8 Å². The zero-order valence-corrected chi connectivity index (χ0v) is 4.92. The van der Waals surface area contributed by atoms with E-state index in [2.05, 4.69) is 0 Å². The summed E-state index contributed by atoms with van der Waals surface area (Å²) in [5.74, 6) is -0.0185. The summed E-state index contributed by atoms with van der Waals surface area (Å²) in [4.78, 5) is 10.4. The molecule has 8 heavy (non-hydrogen) atoms. The van der Waals surface area contributed by atoms with E-state index in [1.807, 2.05) is 6.92 Å². The quantitative estimate of drug-likeness (QED) is 0.445. The summed E-state index contributed by atoms with van der Waals surface area (Å²) in [7, 11) is 0. The van der Waals surface area contributed by atoms with Crippen LogP contribution in [0, 0.1) is 0 Å². The summed E-state index contributed by atoms with van der Waals surface area (Å²) < 4.78 is 0. The molecule has 0 rings (SSSR count). The van der Waals surface area contributed by atoms with Gasteiger partial charge in [-0.3, -0.25) is 4.79 Å². The van der Waals surface area contributed by atoms with Crippen molar-refractivity contribution in [2.45, 2.75) is 19.8 Å². The smallest absolute Gasteiger partial charge is 0.158 e. The number of hydrogen-bond donors (Lipinski definition) is 1. The van der Waals surface area contributed by atoms with Gasteiger partial charge in [0.25, 0.3) is 0 Å². The average molecular weight is 114 g/mol. The van der Waals surface area contributed by atoms with Crippen LogP contribution in [0.5, 0.6) is 0 Å². The number of hydrogen-bond acceptors (Lipinski definition) is 2. The Balaban J connectivity index is 3.33. The Hall–Kier alpha value is -0.790. The third-order valence-electron chi connectivity index (χ3n) is 0.757. The Morgan fingerprint density at radius 1 is 1.75 bits per heavy atom. The SMILES string of the molecule is CCCC(=O)/C=C/O. The predicted molar refractivity (Wildman–Crippen MR) is 31.7 cm³/mol. The van der Waals surface area contributed by atoms with Crippen LogP contribution in [0.25, 0.3) is 0 Å². The molecule has 46 valence electrons. The second kappa shape index (κ2) is 4.37. The van der Waals surface area contributed by atoms with Crippen molar-refractivity contribution in [3.05, 3.63) is 12.3 Å². The summed E-state index contributed by atoms with van der Waals surface area (Å²) in [6.07, 6.45) is 3.31. The lowest BCUT2D eigenvalue weighted by atomic mass is 10.2. The molecule has 0 aliphatic heterocycles. The fourth-order valence-electron chi connectivity index (χ4n) is 0.413. The minimum Gasteiger partial charge on any atom is -0.515 e. The molecule has 0 bridgehead atoms. The van der Waals surface area contributed by atoms with Crippen molar-refractivity contribution in [3.63, 3.8) is 0 Å². The van der Waals surface area contributed by atoms with Gasteiger partial charge in [0.2, 0.25) is 0 Å². The average Bonchev–Trinajstić information content (AvgIpc) is 1.68. The fourth-order valence-corrected chi connectivity index (χ4v) is 0.413. The van der Waals surface area contributed by atoms with Gasteiger partial charge in [-0.25, -0.2) is 0 Å². The molecule has 0 radical (unpaired) electrons. The first kappa shape index (κ1) is 7.21. The Bertz CT molecular complexity index is 94.7. The maximum absolute atomic E-state index is 10.4. The van der Waals surface area contributed by atoms with Crippen molar-refractivity contribution in [1.82, 2.24) is 0 Å². The molecule has 0 unspecified atom stereocenters. The summed E-state index contributed by atoms with van der Waals surface area (Å²) >= 11 is 0. The summed E-state index contributed by atoms with van der Waals surface area (Å²) in [5, 5.41) is 8.06. The highest BCUT2D eigenvalue weighted by molar-refractivity contribution is 5.89. The molecule has 0 spiro atoms. The van der Waals surface area contributed by atoms with E-state index in [4.69, 9.17) is 5.11 Å². The number of aliphatic hydroxyl groups excluding tert-OH is 1. The van der Waals surface area contributed by atoms with Crippen molar-refractivity contribution in [2.24, 2.45) is 0 Å². The van der Waals surface area contributed by atoms with Crippen LogP contribution in [0.2, 0.25) is 0 Å². The van der Waals surface area contributed by atoms with E-state index in [1.54, 1.807) is 0 Å². The van der Waals surface area contributed by atoms with Crippen LogP contribution in [0.4, 0.5) is 0 Å². The van der Waals surface area contributed by atoms with E-state index >= 15 is 0 Å². The molecule has 0 fully saturated rings. The number of carbonyl (C=O) groups excluding carboxylic acids is 1. The van der Waals surface area contributed by atoms with Gasteiger partial charge < -0.3 is 5.11 Å². The van der Waals surface area contributed by atoms with Gasteiger partial charge in [-0.1, -0.05) is 6.92 Å². The van der Waals surface area contributed by atoms with E-state index < -0.39 is 0 Å². The predicted octanol–water partition coefficient (Wildman–Crippen LogP) is 1.43. The number of aliphatic hydroxyl groups is 1. The van der Waals surface area contributed by atoms with E-state index in [0.717, 1.165) is 12.7 Å². The summed E-state index contributed by atoms with van der Waals surface area (Å²) in [6.45, 7) is 1.92. The molecule has 0 atom stereocenters. The van der Waals surface area contributed by atoms with E-state index in [0.29, 0.717) is 6.42 Å². The van der Waals surface area contributed by atoms with Gasteiger partial charge in [0.05, 0.1) is 6.26 Å². The van der Waals surface area contributed by atoms with Crippen LogP contribution in [0.15, 0.2) is 12.3 Å². The molecule has 0 saturated carbocycles. The zero-order chi connectivity index (χ0) is 6.41. The van der Waals surface area contributed by atoms with Crippen molar-refractivity contribution < 1.29 is 9.90 Å². The molecule has 0 aromatic carbocycles.